The fourth-order valence-corrected chi connectivity index (χ4v) is 0.940. The van der Waals surface area contributed by atoms with Gasteiger partial charge in [-0.2, -0.15) is 0 Å². The molecule has 1 rings (SSSR count). The first-order valence-electron chi connectivity index (χ1n) is 3.78. The molecule has 5 heteroatoms. The van der Waals surface area contributed by atoms with Gasteiger partial charge in [0, 0.05) is 5.02 Å². The molecular weight excluding hydrogens is 227 g/mol. The number of carbonyl (C=O) groups is 2. The van der Waals surface area contributed by atoms with Crippen molar-refractivity contribution in [1.29, 1.82) is 0 Å². The number of halogens is 1. The van der Waals surface area contributed by atoms with E-state index in [0.717, 1.165) is 6.08 Å². The first-order valence-corrected chi connectivity index (χ1v) is 4.16. The minimum absolute atomic E-state index is 0. The quantitative estimate of drug-likeness (QED) is 0.334. The van der Waals surface area contributed by atoms with Crippen LogP contribution in [0.2, 0.25) is 5.02 Å². The molecule has 0 heterocycles. The fourth-order valence-electron chi connectivity index (χ4n) is 0.814. The molecule has 1 aromatic carbocycles. The summed E-state index contributed by atoms with van der Waals surface area (Å²) in [6, 6.07) is 6.62. The zero-order valence-corrected chi connectivity index (χ0v) is 10.8. The predicted molar refractivity (Wildman–Crippen MR) is 50.5 cm³/mol. The molecule has 3 nitrogen and oxygen atoms in total. The van der Waals surface area contributed by atoms with Crippen molar-refractivity contribution in [1.82, 2.24) is 0 Å². The van der Waals surface area contributed by atoms with Crippen LogP contribution >= 0.6 is 11.6 Å². The molecule has 0 bridgehead atoms. The van der Waals surface area contributed by atoms with Gasteiger partial charge in [-0.05, 0) is 23.8 Å². The van der Waals surface area contributed by atoms with Crippen LogP contribution in [-0.2, 0) is 9.59 Å². The van der Waals surface area contributed by atoms with Crippen molar-refractivity contribution < 1.29 is 44.3 Å². The van der Waals surface area contributed by atoms with Crippen LogP contribution in [-0.4, -0.2) is 11.8 Å². The van der Waals surface area contributed by atoms with Crippen LogP contribution in [0.3, 0.4) is 0 Å². The molecule has 1 aromatic rings. The Bertz CT molecular complexity index is 384. The Kier molecular flexibility index (Phi) is 6.52. The summed E-state index contributed by atoms with van der Waals surface area (Å²) in [5, 5.41) is 10.6. The molecule has 15 heavy (non-hydrogen) atoms. The van der Waals surface area contributed by atoms with Crippen molar-refractivity contribution in [2.24, 2.45) is 0 Å². The van der Waals surface area contributed by atoms with Crippen molar-refractivity contribution in [2.45, 2.75) is 0 Å². The molecule has 0 amide bonds. The van der Waals surface area contributed by atoms with Gasteiger partial charge in [-0.25, -0.2) is 0 Å². The summed E-state index contributed by atoms with van der Waals surface area (Å²) < 4.78 is 0. The van der Waals surface area contributed by atoms with Crippen LogP contribution in [0.1, 0.15) is 5.56 Å². The molecule has 0 aliphatic rings. The van der Waals surface area contributed by atoms with Gasteiger partial charge >= 0.3 is 29.6 Å². The minimum Gasteiger partial charge on any atom is -0.541 e. The van der Waals surface area contributed by atoms with Crippen molar-refractivity contribution >= 4 is 29.4 Å². The first-order chi connectivity index (χ1) is 6.59. The van der Waals surface area contributed by atoms with E-state index >= 15 is 0 Å². The second kappa shape index (κ2) is 6.80. The monoisotopic (exact) mass is 232 g/mol. The maximum absolute atomic E-state index is 10.6. The summed E-state index contributed by atoms with van der Waals surface area (Å²) in [7, 11) is 0. The van der Waals surface area contributed by atoms with Crippen molar-refractivity contribution in [3.63, 3.8) is 0 Å². The van der Waals surface area contributed by atoms with Crippen LogP contribution in [0, 0.1) is 0 Å². The molecule has 0 atom stereocenters. The van der Waals surface area contributed by atoms with E-state index < -0.39 is 11.8 Å². The zero-order chi connectivity index (χ0) is 10.6. The van der Waals surface area contributed by atoms with Gasteiger partial charge in [0.2, 0.25) is 5.78 Å². The number of carboxylic acid groups (broad SMARTS) is 1. The van der Waals surface area contributed by atoms with Gasteiger partial charge in [-0.15, -0.1) is 0 Å². The molecule has 0 aliphatic carbocycles. The number of hydrogen-bond donors (Lipinski definition) is 0. The Balaban J connectivity index is 0.00000196. The number of rotatable bonds is 3. The van der Waals surface area contributed by atoms with E-state index in [9.17, 15) is 14.7 Å². The molecule has 0 radical (unpaired) electrons. The third-order valence-electron chi connectivity index (χ3n) is 1.50. The van der Waals surface area contributed by atoms with Crippen LogP contribution in [0.5, 0.6) is 0 Å². The molecule has 0 aliphatic heterocycles. The Morgan fingerprint density at radius 2 is 1.73 bits per heavy atom. The summed E-state index contributed by atoms with van der Waals surface area (Å²) >= 11 is 5.63. The maximum Gasteiger partial charge on any atom is 1.00 e. The number of carboxylic acids is 1. The van der Waals surface area contributed by atoms with Gasteiger partial charge in [0.25, 0.3) is 0 Å². The molecular formula is C10H6ClNaO3. The van der Waals surface area contributed by atoms with Crippen LogP contribution in [0.4, 0.5) is 0 Å². The Labute approximate surface area is 114 Å². The second-order valence-corrected chi connectivity index (χ2v) is 2.97. The summed E-state index contributed by atoms with van der Waals surface area (Å²) in [6.07, 6.45) is 2.33. The average Bonchev–Trinajstić information content (AvgIpc) is 2.16. The van der Waals surface area contributed by atoms with E-state index in [4.69, 9.17) is 11.6 Å². The number of aliphatic carboxylic acids is 1. The van der Waals surface area contributed by atoms with Crippen molar-refractivity contribution in [3.05, 3.63) is 40.9 Å². The van der Waals surface area contributed by atoms with Crippen LogP contribution < -0.4 is 34.7 Å². The van der Waals surface area contributed by atoms with Gasteiger partial charge in [0.1, 0.15) is 5.97 Å². The van der Waals surface area contributed by atoms with Crippen molar-refractivity contribution in [3.8, 4) is 0 Å². The van der Waals surface area contributed by atoms with E-state index in [1.807, 2.05) is 0 Å². The Morgan fingerprint density at radius 1 is 1.20 bits per heavy atom. The Morgan fingerprint density at radius 3 is 2.20 bits per heavy atom. The standard InChI is InChI=1S/C10H7ClO3.Na/c11-8-4-1-7(2-5-8)3-6-9(12)10(13)14;/h1-6H,(H,13,14);/q;+1/p-1. The van der Waals surface area contributed by atoms with Gasteiger partial charge < -0.3 is 9.90 Å². The largest absolute Gasteiger partial charge is 1.00 e. The number of hydrogen-bond acceptors (Lipinski definition) is 3. The van der Waals surface area contributed by atoms with Gasteiger partial charge in [-0.1, -0.05) is 29.8 Å². The average molecular weight is 233 g/mol. The van der Waals surface area contributed by atoms with E-state index in [1.165, 1.54) is 6.08 Å². The minimum atomic E-state index is -1.71. The van der Waals surface area contributed by atoms with E-state index in [1.54, 1.807) is 24.3 Å². The van der Waals surface area contributed by atoms with Gasteiger partial charge in [0.15, 0.2) is 0 Å². The number of benzene rings is 1. The Hall–Kier alpha value is -0.610. The second-order valence-electron chi connectivity index (χ2n) is 2.54. The molecule has 72 valence electrons. The fraction of sp³-hybridized carbons (Fsp3) is 0. The third kappa shape index (κ3) is 5.14. The molecule has 0 fully saturated rings. The molecule has 0 unspecified atom stereocenters. The van der Waals surface area contributed by atoms with E-state index in [-0.39, 0.29) is 29.6 Å². The molecule has 0 aromatic heterocycles. The summed E-state index contributed by atoms with van der Waals surface area (Å²) in [5.41, 5.74) is 0.698. The normalized spacial score (nSPS) is 9.67. The van der Waals surface area contributed by atoms with Crippen molar-refractivity contribution in [2.75, 3.05) is 0 Å². The summed E-state index contributed by atoms with van der Waals surface area (Å²) in [4.78, 5) is 20.6. The maximum atomic E-state index is 10.6. The first kappa shape index (κ1) is 14.4. The zero-order valence-electron chi connectivity index (χ0n) is 8.07. The molecule has 0 spiro atoms. The molecule has 0 saturated heterocycles. The molecule has 0 saturated carbocycles. The smallest absolute Gasteiger partial charge is 0.541 e. The number of ketones is 1. The van der Waals surface area contributed by atoms with E-state index in [2.05, 4.69) is 0 Å². The summed E-state index contributed by atoms with van der Waals surface area (Å²) in [5.74, 6) is -2.77. The van der Waals surface area contributed by atoms with Gasteiger partial charge in [0.05, 0.1) is 0 Å². The molecule has 0 N–H and O–H groups in total. The number of carbonyl (C=O) groups excluding carboxylic acids is 2. The topological polar surface area (TPSA) is 57.2 Å². The summed E-state index contributed by atoms with van der Waals surface area (Å²) in [6.45, 7) is 0. The van der Waals surface area contributed by atoms with Gasteiger partial charge in [-0.3, -0.25) is 4.79 Å². The van der Waals surface area contributed by atoms with Crippen LogP contribution in [0.25, 0.3) is 6.08 Å². The SMILES string of the molecule is O=C([O-])C(=O)C=Cc1ccc(Cl)cc1.[Na+]. The third-order valence-corrected chi connectivity index (χ3v) is 1.75. The predicted octanol–water partition coefficient (Wildman–Crippen LogP) is -2.32. The van der Waals surface area contributed by atoms with Crippen LogP contribution in [0.15, 0.2) is 30.3 Å². The van der Waals surface area contributed by atoms with E-state index in [0.29, 0.717) is 10.6 Å².